The summed E-state index contributed by atoms with van der Waals surface area (Å²) in [5, 5.41) is 5.44. The first kappa shape index (κ1) is 19.2. The second-order valence-electron chi connectivity index (χ2n) is 6.49. The molecule has 27 heavy (non-hydrogen) atoms. The van der Waals surface area contributed by atoms with Crippen LogP contribution in [0.15, 0.2) is 34.8 Å². The number of hydrogen-bond acceptors (Lipinski definition) is 4. The zero-order valence-electron chi connectivity index (χ0n) is 15.4. The molecule has 0 radical (unpaired) electrons. The van der Waals surface area contributed by atoms with Crippen molar-refractivity contribution in [3.8, 4) is 11.5 Å². The third kappa shape index (κ3) is 4.42. The molecule has 0 fully saturated rings. The molecule has 0 saturated heterocycles. The summed E-state index contributed by atoms with van der Waals surface area (Å²) >= 11 is 3.39. The fourth-order valence-corrected chi connectivity index (χ4v) is 3.48. The van der Waals surface area contributed by atoms with Gasteiger partial charge in [-0.05, 0) is 49.7 Å². The van der Waals surface area contributed by atoms with Crippen molar-refractivity contribution < 1.29 is 19.1 Å². The Morgan fingerprint density at radius 3 is 2.78 bits per heavy atom. The molecule has 0 bridgehead atoms. The Bertz CT molecular complexity index is 898. The van der Waals surface area contributed by atoms with Crippen LogP contribution in [0.3, 0.4) is 0 Å². The van der Waals surface area contributed by atoms with Crippen LogP contribution in [0.5, 0.6) is 11.5 Å². The Morgan fingerprint density at radius 2 is 2.07 bits per heavy atom. The summed E-state index contributed by atoms with van der Waals surface area (Å²) in [5.74, 6) is 0.583. The Hall–Kier alpha value is -2.54. The van der Waals surface area contributed by atoms with E-state index in [4.69, 9.17) is 9.47 Å². The van der Waals surface area contributed by atoms with Gasteiger partial charge in [0.1, 0.15) is 6.10 Å². The summed E-state index contributed by atoms with van der Waals surface area (Å²) in [7, 11) is 1.54. The topological polar surface area (TPSA) is 76.7 Å². The fourth-order valence-electron chi connectivity index (χ4n) is 3.00. The molecule has 0 saturated carbocycles. The van der Waals surface area contributed by atoms with Gasteiger partial charge in [0.2, 0.25) is 5.91 Å². The van der Waals surface area contributed by atoms with E-state index in [2.05, 4.69) is 26.6 Å². The lowest BCUT2D eigenvalue weighted by atomic mass is 10.1. The van der Waals surface area contributed by atoms with Gasteiger partial charge in [0, 0.05) is 27.7 Å². The number of halogens is 1. The molecule has 0 spiro atoms. The number of fused-ring (bicyclic) bond motifs is 1. The minimum atomic E-state index is -0.335. The second kappa shape index (κ2) is 8.00. The Balaban J connectivity index is 1.64. The van der Waals surface area contributed by atoms with Gasteiger partial charge in [-0.3, -0.25) is 9.59 Å². The van der Waals surface area contributed by atoms with E-state index in [0.717, 1.165) is 22.0 Å². The molecule has 142 valence electrons. The predicted octanol–water partition coefficient (Wildman–Crippen LogP) is 3.46. The standard InChI is InChI=1S/C20H21BrN2O4/c1-11-6-15(21)4-5-16(11)23-18(24)10-22-20(25)14-8-13-7-12(2)27-19(13)17(9-14)26-3/h4-6,8-9,12H,7,10H2,1-3H3,(H,22,25)(H,23,24)/t12-/m0/s1. The smallest absolute Gasteiger partial charge is 0.251 e. The van der Waals surface area contributed by atoms with Gasteiger partial charge in [-0.15, -0.1) is 0 Å². The number of ether oxygens (including phenoxy) is 2. The number of amides is 2. The highest BCUT2D eigenvalue weighted by atomic mass is 79.9. The number of aryl methyl sites for hydroxylation is 1. The third-order valence-electron chi connectivity index (χ3n) is 4.31. The summed E-state index contributed by atoms with van der Waals surface area (Å²) in [6.07, 6.45) is 0.767. The van der Waals surface area contributed by atoms with Crippen molar-refractivity contribution in [2.75, 3.05) is 19.0 Å². The van der Waals surface area contributed by atoms with Crippen LogP contribution in [0.2, 0.25) is 0 Å². The summed E-state index contributed by atoms with van der Waals surface area (Å²) in [6, 6.07) is 8.98. The third-order valence-corrected chi connectivity index (χ3v) is 4.81. The minimum absolute atomic E-state index is 0.0483. The minimum Gasteiger partial charge on any atom is -0.493 e. The quantitative estimate of drug-likeness (QED) is 0.758. The zero-order valence-corrected chi connectivity index (χ0v) is 17.0. The molecule has 2 aromatic rings. The first-order valence-corrected chi connectivity index (χ1v) is 9.38. The predicted molar refractivity (Wildman–Crippen MR) is 107 cm³/mol. The maximum absolute atomic E-state index is 12.5. The van der Waals surface area contributed by atoms with Crippen LogP contribution in [-0.2, 0) is 11.2 Å². The second-order valence-corrected chi connectivity index (χ2v) is 7.41. The molecule has 3 rings (SSSR count). The molecule has 1 heterocycles. The van der Waals surface area contributed by atoms with Crippen LogP contribution in [0.25, 0.3) is 0 Å². The average Bonchev–Trinajstić information content (AvgIpc) is 3.01. The van der Waals surface area contributed by atoms with Gasteiger partial charge in [0.15, 0.2) is 11.5 Å². The summed E-state index contributed by atoms with van der Waals surface area (Å²) in [6.45, 7) is 3.74. The molecule has 6 nitrogen and oxygen atoms in total. The van der Waals surface area contributed by atoms with Gasteiger partial charge in [0.05, 0.1) is 13.7 Å². The van der Waals surface area contributed by atoms with E-state index < -0.39 is 0 Å². The maximum atomic E-state index is 12.5. The van der Waals surface area contributed by atoms with Crippen molar-refractivity contribution in [2.45, 2.75) is 26.4 Å². The molecule has 1 aliphatic heterocycles. The van der Waals surface area contributed by atoms with Gasteiger partial charge in [0.25, 0.3) is 5.91 Å². The summed E-state index contributed by atoms with van der Waals surface area (Å²) in [5.41, 5.74) is 3.02. The zero-order chi connectivity index (χ0) is 19.6. The van der Waals surface area contributed by atoms with Crippen molar-refractivity contribution in [3.05, 3.63) is 51.5 Å². The van der Waals surface area contributed by atoms with E-state index in [1.165, 1.54) is 7.11 Å². The number of methoxy groups -OCH3 is 1. The molecular weight excluding hydrogens is 412 g/mol. The van der Waals surface area contributed by atoms with Crippen molar-refractivity contribution >= 4 is 33.4 Å². The van der Waals surface area contributed by atoms with Gasteiger partial charge in [-0.2, -0.15) is 0 Å². The molecule has 0 aromatic heterocycles. The number of carbonyl (C=O) groups is 2. The van der Waals surface area contributed by atoms with E-state index in [-0.39, 0.29) is 24.5 Å². The summed E-state index contributed by atoms with van der Waals surface area (Å²) < 4.78 is 12.0. The summed E-state index contributed by atoms with van der Waals surface area (Å²) in [4.78, 5) is 24.6. The molecule has 1 atom stereocenters. The highest BCUT2D eigenvalue weighted by Crippen LogP contribution is 2.38. The Morgan fingerprint density at radius 1 is 1.30 bits per heavy atom. The number of anilines is 1. The van der Waals surface area contributed by atoms with Gasteiger partial charge in [-0.1, -0.05) is 15.9 Å². The lowest BCUT2D eigenvalue weighted by Crippen LogP contribution is -2.33. The molecule has 2 aromatic carbocycles. The number of rotatable bonds is 5. The molecule has 0 unspecified atom stereocenters. The largest absolute Gasteiger partial charge is 0.493 e. The molecule has 2 amide bonds. The highest BCUT2D eigenvalue weighted by molar-refractivity contribution is 9.10. The van der Waals surface area contributed by atoms with E-state index in [1.54, 1.807) is 12.1 Å². The van der Waals surface area contributed by atoms with E-state index in [0.29, 0.717) is 22.7 Å². The number of hydrogen-bond donors (Lipinski definition) is 2. The van der Waals surface area contributed by atoms with E-state index >= 15 is 0 Å². The molecule has 2 N–H and O–H groups in total. The SMILES string of the molecule is COc1cc(C(=O)NCC(=O)Nc2ccc(Br)cc2C)cc2c1O[C@@H](C)C2. The molecule has 0 aliphatic carbocycles. The van der Waals surface area contributed by atoms with Crippen LogP contribution in [0.4, 0.5) is 5.69 Å². The van der Waals surface area contributed by atoms with E-state index in [1.807, 2.05) is 32.0 Å². The van der Waals surface area contributed by atoms with Crippen molar-refractivity contribution in [1.82, 2.24) is 5.32 Å². The van der Waals surface area contributed by atoms with Gasteiger partial charge in [-0.25, -0.2) is 0 Å². The number of carbonyl (C=O) groups excluding carboxylic acids is 2. The average molecular weight is 433 g/mol. The first-order valence-electron chi connectivity index (χ1n) is 8.59. The normalized spacial score (nSPS) is 14.9. The molecular formula is C20H21BrN2O4. The van der Waals surface area contributed by atoms with Crippen LogP contribution in [0, 0.1) is 6.92 Å². The Labute approximate surface area is 166 Å². The number of benzene rings is 2. The van der Waals surface area contributed by atoms with Gasteiger partial charge < -0.3 is 20.1 Å². The maximum Gasteiger partial charge on any atom is 0.251 e. The van der Waals surface area contributed by atoms with Crippen molar-refractivity contribution in [3.63, 3.8) is 0 Å². The highest BCUT2D eigenvalue weighted by Gasteiger charge is 2.25. The van der Waals surface area contributed by atoms with E-state index in [9.17, 15) is 9.59 Å². The molecule has 7 heteroatoms. The Kier molecular flexibility index (Phi) is 5.70. The van der Waals surface area contributed by atoms with Crippen LogP contribution in [-0.4, -0.2) is 31.6 Å². The lowest BCUT2D eigenvalue weighted by Gasteiger charge is -2.12. The fraction of sp³-hybridized carbons (Fsp3) is 0.300. The lowest BCUT2D eigenvalue weighted by molar-refractivity contribution is -0.115. The van der Waals surface area contributed by atoms with Crippen molar-refractivity contribution in [2.24, 2.45) is 0 Å². The monoisotopic (exact) mass is 432 g/mol. The van der Waals surface area contributed by atoms with Gasteiger partial charge >= 0.3 is 0 Å². The number of nitrogens with one attached hydrogen (secondary N) is 2. The van der Waals surface area contributed by atoms with Crippen molar-refractivity contribution in [1.29, 1.82) is 0 Å². The van der Waals surface area contributed by atoms with Crippen LogP contribution in [0.1, 0.15) is 28.4 Å². The van der Waals surface area contributed by atoms with Crippen LogP contribution >= 0.6 is 15.9 Å². The first-order chi connectivity index (χ1) is 12.9. The van der Waals surface area contributed by atoms with Crippen LogP contribution < -0.4 is 20.1 Å². The molecule has 1 aliphatic rings.